The van der Waals surface area contributed by atoms with Crippen molar-refractivity contribution in [3.63, 3.8) is 0 Å². The molecule has 5 atom stereocenters. The van der Waals surface area contributed by atoms with Crippen LogP contribution in [0.3, 0.4) is 0 Å². The average Bonchev–Trinajstić information content (AvgIpc) is 1.63. The molecule has 0 radical (unpaired) electrons. The minimum Gasteiger partial charge on any atom is -0.462 e. The maximum atomic E-state index is 13.1. The summed E-state index contributed by atoms with van der Waals surface area (Å²) in [6.07, 6.45) is 61.6. The van der Waals surface area contributed by atoms with Crippen molar-refractivity contribution in [1.82, 2.24) is 0 Å². The number of hydrogen-bond acceptors (Lipinski definition) is 15. The van der Waals surface area contributed by atoms with Gasteiger partial charge in [-0.05, 0) is 77.0 Å². The standard InChI is InChI=1S/C75H142O17P2/c1-5-9-13-17-21-25-29-33-34-38-40-44-48-52-56-60-73(78)86-66-71(92-75(80)62-58-54-50-46-42-37-32-28-24-20-16-12-8-4)68-90-94(83,84)88-64-69(76)63-87-93(81,82)89-67-70(91-74(79)61-57-53-49-45-41-36-31-27-23-19-15-11-7-3)65-85-72(77)59-55-51-47-43-39-35-30-26-22-18-14-10-6-2/h28,32-34,69-71,76H,5-27,29-31,35-68H2,1-4H3,(H,81,82)(H,83,84)/b32-28-,34-33-. The van der Waals surface area contributed by atoms with Crippen LogP contribution in [0.4, 0.5) is 0 Å². The maximum Gasteiger partial charge on any atom is 0.472 e. The van der Waals surface area contributed by atoms with E-state index in [0.717, 1.165) is 122 Å². The van der Waals surface area contributed by atoms with Crippen LogP contribution in [0.1, 0.15) is 374 Å². The third-order valence-electron chi connectivity index (χ3n) is 16.9. The van der Waals surface area contributed by atoms with E-state index < -0.39 is 97.5 Å². The summed E-state index contributed by atoms with van der Waals surface area (Å²) in [6.45, 7) is 4.92. The second-order valence-corrected chi connectivity index (χ2v) is 29.2. The molecule has 0 aromatic heterocycles. The monoisotopic (exact) mass is 1380 g/mol. The van der Waals surface area contributed by atoms with E-state index in [4.69, 9.17) is 37.0 Å². The van der Waals surface area contributed by atoms with E-state index in [1.54, 1.807) is 0 Å². The van der Waals surface area contributed by atoms with Crippen LogP contribution in [0.25, 0.3) is 0 Å². The van der Waals surface area contributed by atoms with Gasteiger partial charge in [-0.15, -0.1) is 0 Å². The van der Waals surface area contributed by atoms with Crippen LogP contribution in [0.2, 0.25) is 0 Å². The van der Waals surface area contributed by atoms with E-state index in [2.05, 4.69) is 52.0 Å². The van der Waals surface area contributed by atoms with E-state index in [1.165, 1.54) is 173 Å². The van der Waals surface area contributed by atoms with E-state index in [1.807, 2.05) is 0 Å². The Morgan fingerprint density at radius 1 is 0.287 bits per heavy atom. The van der Waals surface area contributed by atoms with Crippen molar-refractivity contribution in [3.8, 4) is 0 Å². The summed E-state index contributed by atoms with van der Waals surface area (Å²) in [4.78, 5) is 72.8. The van der Waals surface area contributed by atoms with Crippen LogP contribution in [-0.4, -0.2) is 96.7 Å². The fourth-order valence-corrected chi connectivity index (χ4v) is 12.6. The first-order valence-corrected chi connectivity index (χ1v) is 41.6. The molecule has 17 nitrogen and oxygen atoms in total. The summed E-state index contributed by atoms with van der Waals surface area (Å²) in [5.41, 5.74) is 0. The first-order valence-electron chi connectivity index (χ1n) is 38.6. The van der Waals surface area contributed by atoms with E-state index in [9.17, 15) is 43.2 Å². The molecule has 0 rings (SSSR count). The molecule has 0 bridgehead atoms. The fourth-order valence-electron chi connectivity index (χ4n) is 11.0. The number of allylic oxidation sites excluding steroid dienone is 4. The van der Waals surface area contributed by atoms with Crippen molar-refractivity contribution >= 4 is 39.5 Å². The lowest BCUT2D eigenvalue weighted by molar-refractivity contribution is -0.161. The number of carbonyl (C=O) groups is 4. The number of phosphoric acid groups is 2. The van der Waals surface area contributed by atoms with Gasteiger partial charge in [-0.3, -0.25) is 37.3 Å². The topological polar surface area (TPSA) is 237 Å². The largest absolute Gasteiger partial charge is 0.472 e. The Morgan fingerprint density at radius 2 is 0.489 bits per heavy atom. The summed E-state index contributed by atoms with van der Waals surface area (Å²) >= 11 is 0. The minimum atomic E-state index is -4.96. The Morgan fingerprint density at radius 3 is 0.745 bits per heavy atom. The van der Waals surface area contributed by atoms with Crippen LogP contribution >= 0.6 is 15.6 Å². The minimum absolute atomic E-state index is 0.0906. The molecule has 0 aromatic rings. The molecule has 0 fully saturated rings. The fraction of sp³-hybridized carbons (Fsp3) is 0.893. The Labute approximate surface area is 573 Å². The molecule has 0 heterocycles. The molecule has 554 valence electrons. The number of ether oxygens (including phenoxy) is 4. The van der Waals surface area contributed by atoms with Gasteiger partial charge in [-0.2, -0.15) is 0 Å². The summed E-state index contributed by atoms with van der Waals surface area (Å²) < 4.78 is 68.5. The van der Waals surface area contributed by atoms with Gasteiger partial charge in [0, 0.05) is 25.7 Å². The number of rotatable bonds is 74. The molecule has 5 unspecified atom stereocenters. The zero-order valence-corrected chi connectivity index (χ0v) is 62.2. The highest BCUT2D eigenvalue weighted by atomic mass is 31.2. The van der Waals surface area contributed by atoms with Crippen LogP contribution in [0, 0.1) is 0 Å². The predicted molar refractivity (Wildman–Crippen MR) is 381 cm³/mol. The van der Waals surface area contributed by atoms with Crippen molar-refractivity contribution in [1.29, 1.82) is 0 Å². The van der Waals surface area contributed by atoms with Gasteiger partial charge in [0.05, 0.1) is 26.4 Å². The van der Waals surface area contributed by atoms with Crippen molar-refractivity contribution < 1.29 is 80.2 Å². The third-order valence-corrected chi connectivity index (χ3v) is 18.8. The van der Waals surface area contributed by atoms with Crippen molar-refractivity contribution in [2.75, 3.05) is 39.6 Å². The van der Waals surface area contributed by atoms with Crippen molar-refractivity contribution in [2.45, 2.75) is 393 Å². The van der Waals surface area contributed by atoms with Gasteiger partial charge in [0.2, 0.25) is 0 Å². The van der Waals surface area contributed by atoms with Gasteiger partial charge in [0.25, 0.3) is 0 Å². The maximum absolute atomic E-state index is 13.1. The Bertz CT molecular complexity index is 1880. The normalized spacial score (nSPS) is 14.1. The van der Waals surface area contributed by atoms with E-state index >= 15 is 0 Å². The SMILES string of the molecule is CCCCCC/C=C\CCCCCCCC(=O)OC(COC(=O)CCCCCCC/C=C\CCCCCCCC)COP(=O)(O)OCC(O)COP(=O)(O)OCC(COC(=O)CCCCCCCCCCCCCCC)OC(=O)CCCCCCCCCCCCCCC. The summed E-state index contributed by atoms with van der Waals surface area (Å²) in [7, 11) is -9.92. The predicted octanol–water partition coefficient (Wildman–Crippen LogP) is 21.8. The second kappa shape index (κ2) is 69.0. The Kier molecular flexibility index (Phi) is 67.2. The Hall–Kier alpha value is -2.46. The summed E-state index contributed by atoms with van der Waals surface area (Å²) in [6, 6.07) is 0. The quantitative estimate of drug-likeness (QED) is 0.0169. The van der Waals surface area contributed by atoms with Gasteiger partial charge in [0.15, 0.2) is 12.2 Å². The van der Waals surface area contributed by atoms with Gasteiger partial charge in [-0.25, -0.2) is 9.13 Å². The van der Waals surface area contributed by atoms with E-state index in [-0.39, 0.29) is 25.7 Å². The zero-order chi connectivity index (χ0) is 69.0. The lowest BCUT2D eigenvalue weighted by Crippen LogP contribution is -2.30. The van der Waals surface area contributed by atoms with Gasteiger partial charge < -0.3 is 33.8 Å². The molecular weight excluding hydrogens is 1230 g/mol. The van der Waals surface area contributed by atoms with Crippen LogP contribution in [0.15, 0.2) is 24.3 Å². The first-order chi connectivity index (χ1) is 45.7. The summed E-state index contributed by atoms with van der Waals surface area (Å²) in [5.74, 6) is -2.15. The molecule has 0 aliphatic heterocycles. The molecule has 0 amide bonds. The van der Waals surface area contributed by atoms with Gasteiger partial charge in [-0.1, -0.05) is 296 Å². The number of unbranched alkanes of at least 4 members (excludes halogenated alkanes) is 44. The lowest BCUT2D eigenvalue weighted by atomic mass is 10.0. The molecule has 0 aliphatic carbocycles. The smallest absolute Gasteiger partial charge is 0.462 e. The molecule has 0 saturated heterocycles. The molecule has 0 aromatic carbocycles. The number of phosphoric ester groups is 2. The Balaban J connectivity index is 5.29. The summed E-state index contributed by atoms with van der Waals surface area (Å²) in [5, 5.41) is 10.6. The molecular formula is C75H142O17P2. The first kappa shape index (κ1) is 91.5. The number of esters is 4. The molecule has 0 saturated carbocycles. The average molecular weight is 1380 g/mol. The van der Waals surface area contributed by atoms with Crippen molar-refractivity contribution in [2.24, 2.45) is 0 Å². The highest BCUT2D eigenvalue weighted by Gasteiger charge is 2.30. The molecule has 0 aliphatic rings. The van der Waals surface area contributed by atoms with Crippen LogP contribution in [-0.2, 0) is 65.4 Å². The number of hydrogen-bond donors (Lipinski definition) is 3. The van der Waals surface area contributed by atoms with Crippen LogP contribution in [0.5, 0.6) is 0 Å². The van der Waals surface area contributed by atoms with Crippen molar-refractivity contribution in [3.05, 3.63) is 24.3 Å². The zero-order valence-electron chi connectivity index (χ0n) is 60.4. The van der Waals surface area contributed by atoms with Gasteiger partial charge in [0.1, 0.15) is 19.3 Å². The molecule has 0 spiro atoms. The number of carbonyl (C=O) groups excluding carboxylic acids is 4. The number of aliphatic hydroxyl groups is 1. The molecule has 3 N–H and O–H groups in total. The highest BCUT2D eigenvalue weighted by molar-refractivity contribution is 7.47. The second-order valence-electron chi connectivity index (χ2n) is 26.3. The van der Waals surface area contributed by atoms with E-state index in [0.29, 0.717) is 25.7 Å². The highest BCUT2D eigenvalue weighted by Crippen LogP contribution is 2.45. The lowest BCUT2D eigenvalue weighted by Gasteiger charge is -2.21. The van der Waals surface area contributed by atoms with Crippen LogP contribution < -0.4 is 0 Å². The van der Waals surface area contributed by atoms with Gasteiger partial charge >= 0.3 is 39.5 Å². The molecule has 19 heteroatoms. The molecule has 94 heavy (non-hydrogen) atoms. The third kappa shape index (κ3) is 68.1. The number of aliphatic hydroxyl groups excluding tert-OH is 1.